The molecule has 2 amide bonds. The minimum absolute atomic E-state index is 0.0943. The van der Waals surface area contributed by atoms with Gasteiger partial charge in [-0.1, -0.05) is 42.5 Å². The van der Waals surface area contributed by atoms with Gasteiger partial charge < -0.3 is 10.2 Å². The van der Waals surface area contributed by atoms with Crippen molar-refractivity contribution in [2.75, 3.05) is 7.05 Å². The van der Waals surface area contributed by atoms with Crippen LogP contribution in [0.1, 0.15) is 10.6 Å². The normalized spacial score (nSPS) is 10.6. The minimum atomic E-state index is -0.0943. The van der Waals surface area contributed by atoms with Gasteiger partial charge in [-0.05, 0) is 17.7 Å². The van der Waals surface area contributed by atoms with Crippen LogP contribution in [0.2, 0.25) is 0 Å². The number of hydrogen-bond donors (Lipinski definition) is 1. The fourth-order valence-corrected chi connectivity index (χ4v) is 3.19. The van der Waals surface area contributed by atoms with Crippen LogP contribution in [0.3, 0.4) is 0 Å². The molecule has 0 spiro atoms. The summed E-state index contributed by atoms with van der Waals surface area (Å²) in [4.78, 5) is 18.3. The molecule has 112 valence electrons. The quantitative estimate of drug-likeness (QED) is 0.799. The maximum Gasteiger partial charge on any atom is 0.317 e. The van der Waals surface area contributed by atoms with Crippen LogP contribution in [0.5, 0.6) is 0 Å². The highest BCUT2D eigenvalue weighted by atomic mass is 32.1. The number of nitrogens with zero attached hydrogens (tertiary/aromatic N) is 2. The third-order valence-electron chi connectivity index (χ3n) is 3.34. The van der Waals surface area contributed by atoms with E-state index in [1.54, 1.807) is 23.3 Å². The zero-order valence-electron chi connectivity index (χ0n) is 12.3. The van der Waals surface area contributed by atoms with Gasteiger partial charge in [0.15, 0.2) is 0 Å². The highest BCUT2D eigenvalue weighted by molar-refractivity contribution is 7.18. The third-order valence-corrected chi connectivity index (χ3v) is 4.37. The summed E-state index contributed by atoms with van der Waals surface area (Å²) in [6.45, 7) is 1.05. The van der Waals surface area contributed by atoms with Gasteiger partial charge in [0.25, 0.3) is 0 Å². The van der Waals surface area contributed by atoms with Gasteiger partial charge in [0.1, 0.15) is 5.01 Å². The van der Waals surface area contributed by atoms with Crippen LogP contribution < -0.4 is 5.32 Å². The molecule has 0 aliphatic rings. The average molecular weight is 311 g/mol. The molecule has 0 saturated carbocycles. The van der Waals surface area contributed by atoms with Gasteiger partial charge in [-0.3, -0.25) is 0 Å². The number of fused-ring (bicyclic) bond motifs is 1. The Bertz CT molecular complexity index is 737. The Labute approximate surface area is 133 Å². The summed E-state index contributed by atoms with van der Waals surface area (Å²) in [5.41, 5.74) is 2.07. The topological polar surface area (TPSA) is 45.2 Å². The molecule has 0 aliphatic carbocycles. The Morgan fingerprint density at radius 3 is 2.64 bits per heavy atom. The van der Waals surface area contributed by atoms with Crippen LogP contribution in [-0.4, -0.2) is 23.0 Å². The molecular weight excluding hydrogens is 294 g/mol. The van der Waals surface area contributed by atoms with Gasteiger partial charge in [-0.15, -0.1) is 11.3 Å². The van der Waals surface area contributed by atoms with Crippen molar-refractivity contribution in [1.82, 2.24) is 15.2 Å². The monoisotopic (exact) mass is 311 g/mol. The first-order chi connectivity index (χ1) is 10.7. The zero-order chi connectivity index (χ0) is 15.4. The van der Waals surface area contributed by atoms with E-state index in [9.17, 15) is 4.79 Å². The molecule has 0 radical (unpaired) electrons. The van der Waals surface area contributed by atoms with Crippen molar-refractivity contribution in [1.29, 1.82) is 0 Å². The van der Waals surface area contributed by atoms with E-state index in [-0.39, 0.29) is 6.03 Å². The van der Waals surface area contributed by atoms with Crippen molar-refractivity contribution in [3.63, 3.8) is 0 Å². The Morgan fingerprint density at radius 2 is 1.86 bits per heavy atom. The predicted octanol–water partition coefficient (Wildman–Crippen LogP) is 3.64. The molecule has 0 fully saturated rings. The molecule has 1 heterocycles. The van der Waals surface area contributed by atoms with E-state index in [2.05, 4.69) is 10.3 Å². The van der Waals surface area contributed by atoms with Crippen molar-refractivity contribution in [3.8, 4) is 0 Å². The summed E-state index contributed by atoms with van der Waals surface area (Å²) < 4.78 is 1.15. The summed E-state index contributed by atoms with van der Waals surface area (Å²) in [7, 11) is 1.78. The summed E-state index contributed by atoms with van der Waals surface area (Å²) in [5, 5.41) is 3.86. The molecule has 1 aromatic heterocycles. The Hall–Kier alpha value is -2.40. The summed E-state index contributed by atoms with van der Waals surface area (Å²) >= 11 is 1.62. The minimum Gasteiger partial charge on any atom is -0.334 e. The molecule has 3 aromatic rings. The number of benzene rings is 2. The smallest absolute Gasteiger partial charge is 0.317 e. The number of urea groups is 1. The Balaban J connectivity index is 1.58. The lowest BCUT2D eigenvalue weighted by atomic mass is 10.2. The van der Waals surface area contributed by atoms with Gasteiger partial charge >= 0.3 is 6.03 Å². The molecule has 3 rings (SSSR count). The van der Waals surface area contributed by atoms with Crippen molar-refractivity contribution in [3.05, 3.63) is 65.2 Å². The molecule has 1 N–H and O–H groups in total. The van der Waals surface area contributed by atoms with Crippen LogP contribution >= 0.6 is 11.3 Å². The van der Waals surface area contributed by atoms with Crippen molar-refractivity contribution in [2.45, 2.75) is 13.1 Å². The van der Waals surface area contributed by atoms with E-state index in [0.29, 0.717) is 13.1 Å². The molecule has 0 atom stereocenters. The molecule has 5 heteroatoms. The molecule has 0 bridgehead atoms. The number of nitrogens with one attached hydrogen (secondary N) is 1. The van der Waals surface area contributed by atoms with Crippen LogP contribution in [-0.2, 0) is 13.1 Å². The number of amides is 2. The highest BCUT2D eigenvalue weighted by Crippen LogP contribution is 2.22. The largest absolute Gasteiger partial charge is 0.334 e. The Morgan fingerprint density at radius 1 is 1.14 bits per heavy atom. The number of carbonyl (C=O) groups excluding carboxylic acids is 1. The number of thiazole rings is 1. The van der Waals surface area contributed by atoms with E-state index in [1.165, 1.54) is 0 Å². The van der Waals surface area contributed by atoms with Gasteiger partial charge in [0.05, 0.1) is 16.8 Å². The molecular formula is C17H17N3OS. The average Bonchev–Trinajstić information content (AvgIpc) is 2.95. The first-order valence-corrected chi connectivity index (χ1v) is 7.91. The zero-order valence-corrected chi connectivity index (χ0v) is 13.1. The van der Waals surface area contributed by atoms with E-state index in [4.69, 9.17) is 0 Å². The number of para-hydroxylation sites is 1. The van der Waals surface area contributed by atoms with Crippen molar-refractivity contribution >= 4 is 27.6 Å². The Kier molecular flexibility index (Phi) is 4.34. The standard InChI is InChI=1S/C17H17N3OS/c1-20(17(21)18-11-13-7-3-2-4-8-13)12-16-19-14-9-5-6-10-15(14)22-16/h2-10H,11-12H2,1H3,(H,18,21). The summed E-state index contributed by atoms with van der Waals surface area (Å²) in [6, 6.07) is 17.8. The van der Waals surface area contributed by atoms with Crippen molar-refractivity contribution < 1.29 is 4.79 Å². The van der Waals surface area contributed by atoms with Crippen molar-refractivity contribution in [2.24, 2.45) is 0 Å². The van der Waals surface area contributed by atoms with Gasteiger partial charge in [0, 0.05) is 13.6 Å². The lowest BCUT2D eigenvalue weighted by Gasteiger charge is -2.16. The maximum absolute atomic E-state index is 12.1. The second-order valence-corrected chi connectivity index (χ2v) is 6.19. The van der Waals surface area contributed by atoms with E-state index in [0.717, 1.165) is 20.8 Å². The summed E-state index contributed by atoms with van der Waals surface area (Å²) in [6.07, 6.45) is 0. The van der Waals surface area contributed by atoms with Crippen LogP contribution in [0.15, 0.2) is 54.6 Å². The first kappa shape index (κ1) is 14.5. The second kappa shape index (κ2) is 6.58. The molecule has 4 nitrogen and oxygen atoms in total. The van der Waals surface area contributed by atoms with Gasteiger partial charge in [-0.25, -0.2) is 9.78 Å². The number of rotatable bonds is 4. The lowest BCUT2D eigenvalue weighted by Crippen LogP contribution is -2.36. The maximum atomic E-state index is 12.1. The second-order valence-electron chi connectivity index (χ2n) is 5.08. The van der Waals surface area contributed by atoms with Gasteiger partial charge in [0.2, 0.25) is 0 Å². The predicted molar refractivity (Wildman–Crippen MR) is 89.8 cm³/mol. The molecule has 0 unspecified atom stereocenters. The molecule has 0 aliphatic heterocycles. The molecule has 2 aromatic carbocycles. The SMILES string of the molecule is CN(Cc1nc2ccccc2s1)C(=O)NCc1ccccc1. The van der Waals surface area contributed by atoms with E-state index in [1.807, 2.05) is 54.6 Å². The fraction of sp³-hybridized carbons (Fsp3) is 0.176. The third kappa shape index (κ3) is 3.43. The van der Waals surface area contributed by atoms with Crippen LogP contribution in [0.25, 0.3) is 10.2 Å². The van der Waals surface area contributed by atoms with Crippen LogP contribution in [0.4, 0.5) is 4.79 Å². The lowest BCUT2D eigenvalue weighted by molar-refractivity contribution is 0.206. The van der Waals surface area contributed by atoms with Gasteiger partial charge in [-0.2, -0.15) is 0 Å². The highest BCUT2D eigenvalue weighted by Gasteiger charge is 2.11. The molecule has 22 heavy (non-hydrogen) atoms. The number of hydrogen-bond acceptors (Lipinski definition) is 3. The first-order valence-electron chi connectivity index (χ1n) is 7.10. The summed E-state index contributed by atoms with van der Waals surface area (Å²) in [5.74, 6) is 0. The fourth-order valence-electron chi connectivity index (χ4n) is 2.17. The van der Waals surface area contributed by atoms with E-state index < -0.39 is 0 Å². The van der Waals surface area contributed by atoms with E-state index >= 15 is 0 Å². The van der Waals surface area contributed by atoms with Crippen LogP contribution in [0, 0.1) is 0 Å². The molecule has 0 saturated heterocycles. The number of carbonyl (C=O) groups is 1. The number of aromatic nitrogens is 1.